The molecule has 0 atom stereocenters. The molecular weight excluding hydrogens is 372 g/mol. The number of anilines is 1. The molecule has 25 heavy (non-hydrogen) atoms. The first kappa shape index (κ1) is 17.8. The molecule has 1 saturated carbocycles. The lowest BCUT2D eigenvalue weighted by Gasteiger charge is -2.09. The molecule has 1 aromatic carbocycles. The summed E-state index contributed by atoms with van der Waals surface area (Å²) in [6, 6.07) is 1.47. The molecule has 0 spiro atoms. The molecule has 0 saturated heterocycles. The Balaban J connectivity index is 1.91. The topological polar surface area (TPSA) is 55.4 Å². The van der Waals surface area contributed by atoms with Crippen molar-refractivity contribution in [2.75, 3.05) is 11.9 Å². The Bertz CT molecular complexity index is 849. The quantitative estimate of drug-likeness (QED) is 0.583. The molecule has 1 N–H and O–H groups in total. The van der Waals surface area contributed by atoms with E-state index in [1.807, 2.05) is 5.38 Å². The first-order valence-electron chi connectivity index (χ1n) is 7.66. The van der Waals surface area contributed by atoms with Gasteiger partial charge in [-0.15, -0.1) is 11.3 Å². The summed E-state index contributed by atoms with van der Waals surface area (Å²) in [5, 5.41) is 4.47. The van der Waals surface area contributed by atoms with Crippen molar-refractivity contribution in [3.8, 4) is 0 Å². The number of ether oxygens (including phenoxy) is 1. The van der Waals surface area contributed by atoms with Crippen LogP contribution in [0.2, 0.25) is 5.02 Å². The highest BCUT2D eigenvalue weighted by Crippen LogP contribution is 2.46. The number of carbonyl (C=O) groups is 2. The van der Waals surface area contributed by atoms with Crippen molar-refractivity contribution in [3.05, 3.63) is 50.9 Å². The van der Waals surface area contributed by atoms with E-state index in [1.54, 1.807) is 6.92 Å². The molecule has 1 aliphatic rings. The van der Waals surface area contributed by atoms with Crippen molar-refractivity contribution in [2.24, 2.45) is 0 Å². The van der Waals surface area contributed by atoms with Gasteiger partial charge in [-0.1, -0.05) is 11.6 Å². The third-order valence-electron chi connectivity index (χ3n) is 3.80. The molecule has 0 unspecified atom stereocenters. The summed E-state index contributed by atoms with van der Waals surface area (Å²) < 4.78 is 31.6. The number of halogens is 3. The van der Waals surface area contributed by atoms with Crippen molar-refractivity contribution in [1.82, 2.24) is 0 Å². The highest BCUT2D eigenvalue weighted by Gasteiger charge is 2.32. The van der Waals surface area contributed by atoms with Crippen molar-refractivity contribution in [1.29, 1.82) is 0 Å². The predicted molar refractivity (Wildman–Crippen MR) is 91.6 cm³/mol. The van der Waals surface area contributed by atoms with E-state index in [0.29, 0.717) is 10.6 Å². The number of nitrogens with one attached hydrogen (secondary N) is 1. The fourth-order valence-electron chi connectivity index (χ4n) is 2.44. The van der Waals surface area contributed by atoms with Gasteiger partial charge in [0.15, 0.2) is 11.6 Å². The summed E-state index contributed by atoms with van der Waals surface area (Å²) in [5.74, 6) is -3.27. The second kappa shape index (κ2) is 7.09. The van der Waals surface area contributed by atoms with E-state index in [-0.39, 0.29) is 23.1 Å². The Hall–Kier alpha value is -1.99. The van der Waals surface area contributed by atoms with Gasteiger partial charge in [0, 0.05) is 0 Å². The van der Waals surface area contributed by atoms with Gasteiger partial charge in [-0.05, 0) is 48.8 Å². The maximum atomic E-state index is 13.4. The van der Waals surface area contributed by atoms with Crippen LogP contribution in [0.3, 0.4) is 0 Å². The number of carbonyl (C=O) groups excluding carboxylic acids is 2. The fourth-order valence-corrected chi connectivity index (χ4v) is 3.70. The first-order valence-corrected chi connectivity index (χ1v) is 8.92. The zero-order valence-corrected chi connectivity index (χ0v) is 14.8. The molecule has 1 aliphatic carbocycles. The Morgan fingerprint density at radius 2 is 2.00 bits per heavy atom. The van der Waals surface area contributed by atoms with Crippen LogP contribution in [0.4, 0.5) is 13.8 Å². The van der Waals surface area contributed by atoms with Crippen molar-refractivity contribution >= 4 is 39.8 Å². The Kier molecular flexibility index (Phi) is 5.06. The highest BCUT2D eigenvalue weighted by molar-refractivity contribution is 7.15. The summed E-state index contributed by atoms with van der Waals surface area (Å²) in [4.78, 5) is 24.7. The lowest BCUT2D eigenvalue weighted by Crippen LogP contribution is -2.16. The lowest BCUT2D eigenvalue weighted by molar-refractivity contribution is 0.0527. The van der Waals surface area contributed by atoms with Gasteiger partial charge >= 0.3 is 5.97 Å². The minimum absolute atomic E-state index is 0.209. The molecule has 132 valence electrons. The average molecular weight is 386 g/mol. The summed E-state index contributed by atoms with van der Waals surface area (Å²) in [5.41, 5.74) is 0.952. The van der Waals surface area contributed by atoms with Crippen molar-refractivity contribution in [3.63, 3.8) is 0 Å². The molecule has 1 heterocycles. The predicted octanol–water partition coefficient (Wildman–Crippen LogP) is 4.99. The molecule has 2 aromatic rings. The smallest absolute Gasteiger partial charge is 0.341 e. The highest BCUT2D eigenvalue weighted by atomic mass is 35.5. The van der Waals surface area contributed by atoms with E-state index in [9.17, 15) is 18.4 Å². The van der Waals surface area contributed by atoms with E-state index in [2.05, 4.69) is 5.32 Å². The monoisotopic (exact) mass is 385 g/mol. The van der Waals surface area contributed by atoms with Crippen molar-refractivity contribution < 1.29 is 23.1 Å². The Morgan fingerprint density at radius 3 is 2.64 bits per heavy atom. The normalized spacial score (nSPS) is 13.6. The molecule has 0 aliphatic heterocycles. The van der Waals surface area contributed by atoms with Crippen molar-refractivity contribution in [2.45, 2.75) is 25.7 Å². The Morgan fingerprint density at radius 1 is 1.32 bits per heavy atom. The third-order valence-corrected chi connectivity index (χ3v) is 5.02. The number of benzene rings is 1. The van der Waals surface area contributed by atoms with E-state index >= 15 is 0 Å². The number of amides is 1. The summed E-state index contributed by atoms with van der Waals surface area (Å²) in [6.45, 7) is 1.90. The van der Waals surface area contributed by atoms with Gasteiger partial charge in [-0.25, -0.2) is 13.6 Å². The third kappa shape index (κ3) is 3.67. The SMILES string of the molecule is CCOC(=O)c1c(C2CC2)csc1NC(=O)c1cc(F)c(F)cc1Cl. The van der Waals surface area contributed by atoms with Crippen LogP contribution in [0.5, 0.6) is 0 Å². The molecule has 1 amide bonds. The molecule has 4 nitrogen and oxygen atoms in total. The lowest BCUT2D eigenvalue weighted by atomic mass is 10.1. The number of thiophene rings is 1. The summed E-state index contributed by atoms with van der Waals surface area (Å²) in [6.07, 6.45) is 1.96. The van der Waals surface area contributed by atoms with Gasteiger partial charge in [0.25, 0.3) is 5.91 Å². The molecule has 8 heteroatoms. The number of rotatable bonds is 5. The number of esters is 1. The minimum Gasteiger partial charge on any atom is -0.462 e. The van der Waals surface area contributed by atoms with Crippen LogP contribution in [0, 0.1) is 11.6 Å². The summed E-state index contributed by atoms with van der Waals surface area (Å²) in [7, 11) is 0. The van der Waals surface area contributed by atoms with Gasteiger partial charge in [0.2, 0.25) is 0 Å². The first-order chi connectivity index (χ1) is 11.9. The van der Waals surface area contributed by atoms with Gasteiger partial charge in [-0.3, -0.25) is 4.79 Å². The second-order valence-corrected chi connectivity index (χ2v) is 6.88. The van der Waals surface area contributed by atoms with E-state index < -0.39 is 23.5 Å². The number of hydrogen-bond donors (Lipinski definition) is 1. The van der Waals surface area contributed by atoms with Crippen LogP contribution >= 0.6 is 22.9 Å². The molecule has 0 bridgehead atoms. The van der Waals surface area contributed by atoms with E-state index in [0.717, 1.165) is 30.5 Å². The molecular formula is C17H14ClF2NO3S. The van der Waals surface area contributed by atoms with Crippen LogP contribution in [-0.4, -0.2) is 18.5 Å². The van der Waals surface area contributed by atoms with Gasteiger partial charge < -0.3 is 10.1 Å². The minimum atomic E-state index is -1.18. The second-order valence-electron chi connectivity index (χ2n) is 5.59. The van der Waals surface area contributed by atoms with E-state index in [1.165, 1.54) is 11.3 Å². The van der Waals surface area contributed by atoms with Gasteiger partial charge in [0.05, 0.1) is 22.8 Å². The Labute approximate surface area is 151 Å². The maximum absolute atomic E-state index is 13.4. The van der Waals surface area contributed by atoms with E-state index in [4.69, 9.17) is 16.3 Å². The van der Waals surface area contributed by atoms with Crippen LogP contribution < -0.4 is 5.32 Å². The van der Waals surface area contributed by atoms with Crippen LogP contribution in [0.1, 0.15) is 52.0 Å². The summed E-state index contributed by atoms with van der Waals surface area (Å²) >= 11 is 7.02. The van der Waals surface area contributed by atoms with Crippen LogP contribution in [0.25, 0.3) is 0 Å². The van der Waals surface area contributed by atoms with Crippen LogP contribution in [0.15, 0.2) is 17.5 Å². The average Bonchev–Trinajstić information content (AvgIpc) is 3.32. The van der Waals surface area contributed by atoms with Gasteiger partial charge in [-0.2, -0.15) is 0 Å². The molecule has 1 fully saturated rings. The molecule has 3 rings (SSSR count). The standard InChI is InChI=1S/C17H14ClF2NO3S/c1-2-24-17(23)14-10(8-3-4-8)7-25-16(14)21-15(22)9-5-12(19)13(20)6-11(9)18/h5-8H,2-4H2,1H3,(H,21,22). The van der Waals surface area contributed by atoms with Crippen LogP contribution in [-0.2, 0) is 4.74 Å². The zero-order chi connectivity index (χ0) is 18.1. The fraction of sp³-hybridized carbons (Fsp3) is 0.294. The van der Waals surface area contributed by atoms with Gasteiger partial charge in [0.1, 0.15) is 5.00 Å². The molecule has 1 aromatic heterocycles. The zero-order valence-electron chi connectivity index (χ0n) is 13.2. The molecule has 0 radical (unpaired) electrons. The maximum Gasteiger partial charge on any atom is 0.341 e. The number of hydrogen-bond acceptors (Lipinski definition) is 4. The largest absolute Gasteiger partial charge is 0.462 e.